The van der Waals surface area contributed by atoms with Crippen LogP contribution in [0.3, 0.4) is 0 Å². The number of amides is 1. The van der Waals surface area contributed by atoms with Crippen LogP contribution in [-0.2, 0) is 6.61 Å². The van der Waals surface area contributed by atoms with Crippen molar-refractivity contribution < 1.29 is 9.53 Å². The molecule has 0 bridgehead atoms. The molecule has 4 nitrogen and oxygen atoms in total. The third-order valence-electron chi connectivity index (χ3n) is 5.13. The maximum absolute atomic E-state index is 12.4. The molecule has 0 unspecified atom stereocenters. The second kappa shape index (κ2) is 10.5. The van der Waals surface area contributed by atoms with Crippen LogP contribution in [0.2, 0.25) is 5.02 Å². The molecule has 0 spiro atoms. The summed E-state index contributed by atoms with van der Waals surface area (Å²) in [6.07, 6.45) is 3.60. The van der Waals surface area contributed by atoms with E-state index in [9.17, 15) is 4.79 Å². The zero-order valence-electron chi connectivity index (χ0n) is 16.5. The Morgan fingerprint density at radius 1 is 1.25 bits per heavy atom. The van der Waals surface area contributed by atoms with Crippen molar-refractivity contribution in [3.63, 3.8) is 0 Å². The Kier molecular flexibility index (Phi) is 7.75. The molecule has 5 heteroatoms. The molecule has 3 rings (SSSR count). The Labute approximate surface area is 172 Å². The van der Waals surface area contributed by atoms with Gasteiger partial charge in [0.1, 0.15) is 12.4 Å². The van der Waals surface area contributed by atoms with Gasteiger partial charge in [0, 0.05) is 29.2 Å². The molecule has 150 valence electrons. The van der Waals surface area contributed by atoms with Crippen LogP contribution in [0, 0.1) is 5.92 Å². The van der Waals surface area contributed by atoms with Gasteiger partial charge < -0.3 is 15.0 Å². The number of piperidine rings is 1. The van der Waals surface area contributed by atoms with Crippen molar-refractivity contribution in [2.75, 3.05) is 26.2 Å². The lowest BCUT2D eigenvalue weighted by Crippen LogP contribution is -2.36. The first kappa shape index (κ1) is 20.7. The van der Waals surface area contributed by atoms with E-state index in [2.05, 4.69) is 17.1 Å². The van der Waals surface area contributed by atoms with Crippen LogP contribution < -0.4 is 10.1 Å². The summed E-state index contributed by atoms with van der Waals surface area (Å²) in [6.45, 7) is 6.79. The third kappa shape index (κ3) is 6.25. The highest BCUT2D eigenvalue weighted by atomic mass is 35.5. The number of hydrogen-bond donors (Lipinski definition) is 1. The smallest absolute Gasteiger partial charge is 0.251 e. The summed E-state index contributed by atoms with van der Waals surface area (Å²) in [7, 11) is 0. The number of carbonyl (C=O) groups excluding carboxylic acids is 1. The highest BCUT2D eigenvalue weighted by Gasteiger charge is 2.15. The Hall–Kier alpha value is -2.04. The van der Waals surface area contributed by atoms with Crippen molar-refractivity contribution in [2.45, 2.75) is 32.8 Å². The number of benzene rings is 2. The van der Waals surface area contributed by atoms with Crippen LogP contribution in [0.25, 0.3) is 0 Å². The highest BCUT2D eigenvalue weighted by Crippen LogP contribution is 2.19. The fourth-order valence-electron chi connectivity index (χ4n) is 3.60. The Bertz CT molecular complexity index is 781. The van der Waals surface area contributed by atoms with E-state index in [4.69, 9.17) is 16.3 Å². The van der Waals surface area contributed by atoms with Gasteiger partial charge in [0.25, 0.3) is 5.91 Å². The maximum Gasteiger partial charge on any atom is 0.251 e. The minimum absolute atomic E-state index is 0.0600. The van der Waals surface area contributed by atoms with Crippen LogP contribution in [0.1, 0.15) is 42.1 Å². The summed E-state index contributed by atoms with van der Waals surface area (Å²) in [5.41, 5.74) is 1.54. The molecule has 1 fully saturated rings. The molecule has 0 saturated carbocycles. The van der Waals surface area contributed by atoms with E-state index in [1.807, 2.05) is 42.5 Å². The van der Waals surface area contributed by atoms with E-state index in [1.165, 1.54) is 25.9 Å². The van der Waals surface area contributed by atoms with E-state index in [0.717, 1.165) is 24.4 Å². The highest BCUT2D eigenvalue weighted by molar-refractivity contribution is 6.31. The zero-order chi connectivity index (χ0) is 19.8. The van der Waals surface area contributed by atoms with Gasteiger partial charge in [-0.2, -0.15) is 0 Å². The van der Waals surface area contributed by atoms with Gasteiger partial charge in [0.15, 0.2) is 0 Å². The predicted octanol–water partition coefficient (Wildman–Crippen LogP) is 4.77. The van der Waals surface area contributed by atoms with Crippen LogP contribution in [0.5, 0.6) is 5.75 Å². The normalized spacial score (nSPS) is 17.3. The topological polar surface area (TPSA) is 41.6 Å². The van der Waals surface area contributed by atoms with Gasteiger partial charge in [-0.15, -0.1) is 0 Å². The number of nitrogens with zero attached hydrogens (tertiary/aromatic N) is 1. The van der Waals surface area contributed by atoms with Crippen molar-refractivity contribution in [3.05, 3.63) is 64.7 Å². The molecule has 1 heterocycles. The van der Waals surface area contributed by atoms with E-state index in [-0.39, 0.29) is 5.91 Å². The van der Waals surface area contributed by atoms with Gasteiger partial charge >= 0.3 is 0 Å². The van der Waals surface area contributed by atoms with Gasteiger partial charge in [0.05, 0.1) is 0 Å². The summed E-state index contributed by atoms with van der Waals surface area (Å²) in [4.78, 5) is 14.9. The molecule has 1 aliphatic rings. The quantitative estimate of drug-likeness (QED) is 0.649. The van der Waals surface area contributed by atoms with E-state index >= 15 is 0 Å². The second-order valence-corrected chi connectivity index (χ2v) is 7.97. The lowest BCUT2D eigenvalue weighted by Gasteiger charge is -2.30. The number of likely N-dealkylation sites (tertiary alicyclic amines) is 1. The summed E-state index contributed by atoms with van der Waals surface area (Å²) in [5.74, 6) is 1.39. The maximum atomic E-state index is 12.4. The van der Waals surface area contributed by atoms with Crippen molar-refractivity contribution in [1.82, 2.24) is 10.2 Å². The summed E-state index contributed by atoms with van der Waals surface area (Å²) < 4.78 is 5.81. The lowest BCUT2D eigenvalue weighted by molar-refractivity contribution is 0.0949. The molecule has 1 aliphatic heterocycles. The Morgan fingerprint density at radius 3 is 2.93 bits per heavy atom. The van der Waals surface area contributed by atoms with Gasteiger partial charge in [-0.25, -0.2) is 0 Å². The van der Waals surface area contributed by atoms with Crippen LogP contribution in [0.15, 0.2) is 48.5 Å². The number of nitrogens with one attached hydrogen (secondary N) is 1. The molecular formula is C23H29ClN2O2. The van der Waals surface area contributed by atoms with Gasteiger partial charge in [-0.05, 0) is 62.5 Å². The second-order valence-electron chi connectivity index (χ2n) is 7.57. The van der Waals surface area contributed by atoms with Crippen LogP contribution >= 0.6 is 11.6 Å². The predicted molar refractivity (Wildman–Crippen MR) is 114 cm³/mol. The van der Waals surface area contributed by atoms with Crippen molar-refractivity contribution in [1.29, 1.82) is 0 Å². The first-order valence-corrected chi connectivity index (χ1v) is 10.5. The van der Waals surface area contributed by atoms with Gasteiger partial charge in [-0.3, -0.25) is 4.79 Å². The monoisotopic (exact) mass is 400 g/mol. The fraction of sp³-hybridized carbons (Fsp3) is 0.435. The molecular weight excluding hydrogens is 372 g/mol. The summed E-state index contributed by atoms with van der Waals surface area (Å²) in [5, 5.41) is 3.70. The molecule has 1 N–H and O–H groups in total. The summed E-state index contributed by atoms with van der Waals surface area (Å²) in [6, 6.07) is 14.9. The number of carbonyl (C=O) groups is 1. The average Bonchev–Trinajstić information content (AvgIpc) is 2.71. The molecule has 1 atom stereocenters. The number of hydrogen-bond acceptors (Lipinski definition) is 3. The molecule has 28 heavy (non-hydrogen) atoms. The number of rotatable bonds is 8. The van der Waals surface area contributed by atoms with Crippen molar-refractivity contribution in [2.24, 2.45) is 5.92 Å². The van der Waals surface area contributed by atoms with E-state index in [1.54, 1.807) is 6.07 Å². The van der Waals surface area contributed by atoms with Crippen LogP contribution in [0.4, 0.5) is 0 Å². The molecule has 0 radical (unpaired) electrons. The van der Waals surface area contributed by atoms with E-state index in [0.29, 0.717) is 29.5 Å². The Balaban J connectivity index is 1.43. The number of ether oxygens (including phenoxy) is 1. The first-order chi connectivity index (χ1) is 13.6. The molecule has 0 aromatic heterocycles. The van der Waals surface area contributed by atoms with Crippen molar-refractivity contribution in [3.8, 4) is 5.75 Å². The minimum Gasteiger partial charge on any atom is -0.489 e. The fourth-order valence-corrected chi connectivity index (χ4v) is 3.79. The largest absolute Gasteiger partial charge is 0.489 e. The lowest BCUT2D eigenvalue weighted by atomic mass is 10.0. The number of halogens is 1. The van der Waals surface area contributed by atoms with Gasteiger partial charge in [0.2, 0.25) is 0 Å². The van der Waals surface area contributed by atoms with E-state index < -0.39 is 0 Å². The Morgan fingerprint density at radius 2 is 2.11 bits per heavy atom. The van der Waals surface area contributed by atoms with Crippen molar-refractivity contribution >= 4 is 17.5 Å². The molecule has 0 aliphatic carbocycles. The zero-order valence-corrected chi connectivity index (χ0v) is 17.3. The van der Waals surface area contributed by atoms with Gasteiger partial charge in [-0.1, -0.05) is 42.8 Å². The molecule has 2 aromatic carbocycles. The minimum atomic E-state index is -0.0600. The molecule has 2 aromatic rings. The SMILES string of the molecule is C[C@@H]1CCCN(CCCNC(=O)c2cccc(OCc3ccccc3Cl)c2)C1. The summed E-state index contributed by atoms with van der Waals surface area (Å²) >= 11 is 6.16. The van der Waals surface area contributed by atoms with Crippen LogP contribution in [-0.4, -0.2) is 37.0 Å². The standard InChI is InChI=1S/C23H29ClN2O2/c1-18-7-5-13-26(16-18)14-6-12-25-23(27)19-9-4-10-21(15-19)28-17-20-8-2-3-11-22(20)24/h2-4,8-11,15,18H,5-7,12-14,16-17H2,1H3,(H,25,27)/t18-/m1/s1. The molecule has 1 saturated heterocycles. The third-order valence-corrected chi connectivity index (χ3v) is 5.49. The average molecular weight is 401 g/mol. The first-order valence-electron chi connectivity index (χ1n) is 10.1. The molecule has 1 amide bonds.